The number of pyridine rings is 1. The Balaban J connectivity index is 1.77. The lowest BCUT2D eigenvalue weighted by Gasteiger charge is -2.21. The fraction of sp³-hybridized carbons (Fsp3) is 0.500. The van der Waals surface area contributed by atoms with Gasteiger partial charge in [-0.3, -0.25) is 14.4 Å². The van der Waals surface area contributed by atoms with Gasteiger partial charge in [-0.2, -0.15) is 5.10 Å². The molecule has 1 N–H and O–H groups in total. The highest BCUT2D eigenvalue weighted by molar-refractivity contribution is 7.98. The molecule has 0 fully saturated rings. The molecule has 1 aliphatic heterocycles. The van der Waals surface area contributed by atoms with E-state index in [0.29, 0.717) is 31.7 Å². The molecule has 3 rings (SSSR count). The molecule has 0 aliphatic carbocycles. The number of aliphatic hydroxyl groups is 1. The van der Waals surface area contributed by atoms with Crippen molar-refractivity contribution >= 4 is 17.7 Å². The van der Waals surface area contributed by atoms with Gasteiger partial charge in [0.2, 0.25) is 0 Å². The highest BCUT2D eigenvalue weighted by atomic mass is 32.2. The predicted octanol–water partition coefficient (Wildman–Crippen LogP) is 1.47. The van der Waals surface area contributed by atoms with Crippen molar-refractivity contribution in [3.63, 3.8) is 0 Å². The number of thioether (sulfide) groups is 1. The van der Waals surface area contributed by atoms with Gasteiger partial charge in [0.25, 0.3) is 5.91 Å². The monoisotopic (exact) mass is 375 g/mol. The van der Waals surface area contributed by atoms with Crippen molar-refractivity contribution < 1.29 is 9.90 Å². The molecular formula is C18H25N5O2S. The van der Waals surface area contributed by atoms with E-state index in [1.807, 2.05) is 39.9 Å². The molecule has 2 aromatic heterocycles. The average molecular weight is 375 g/mol. The maximum absolute atomic E-state index is 13.0. The van der Waals surface area contributed by atoms with Gasteiger partial charge in [0, 0.05) is 32.4 Å². The molecule has 0 radical (unpaired) electrons. The molecule has 26 heavy (non-hydrogen) atoms. The third-order valence-corrected chi connectivity index (χ3v) is 5.17. The van der Waals surface area contributed by atoms with Crippen molar-refractivity contribution in [2.24, 2.45) is 0 Å². The number of likely N-dealkylation sites (N-methyl/N-ethyl adjacent to an activating group) is 1. The van der Waals surface area contributed by atoms with Crippen LogP contribution >= 0.6 is 11.8 Å². The predicted molar refractivity (Wildman–Crippen MR) is 101 cm³/mol. The molecule has 7 nitrogen and oxygen atoms in total. The molecule has 8 heteroatoms. The van der Waals surface area contributed by atoms with Gasteiger partial charge in [-0.15, -0.1) is 11.8 Å². The van der Waals surface area contributed by atoms with E-state index < -0.39 is 0 Å². The van der Waals surface area contributed by atoms with Crippen LogP contribution in [0.15, 0.2) is 29.4 Å². The second kappa shape index (κ2) is 8.66. The van der Waals surface area contributed by atoms with Crippen LogP contribution in [0.5, 0.6) is 0 Å². The van der Waals surface area contributed by atoms with E-state index >= 15 is 0 Å². The van der Waals surface area contributed by atoms with Gasteiger partial charge in [-0.05, 0) is 37.9 Å². The van der Waals surface area contributed by atoms with Crippen LogP contribution in [0.2, 0.25) is 0 Å². The van der Waals surface area contributed by atoms with Crippen LogP contribution in [0.25, 0.3) is 0 Å². The Kier molecular flexibility index (Phi) is 6.29. The number of fused-ring (bicyclic) bond motifs is 1. The zero-order valence-corrected chi connectivity index (χ0v) is 16.1. The minimum Gasteiger partial charge on any atom is -0.395 e. The van der Waals surface area contributed by atoms with Crippen LogP contribution in [0, 0.1) is 0 Å². The normalized spacial score (nSPS) is 14.4. The van der Waals surface area contributed by atoms with E-state index in [2.05, 4.69) is 16.1 Å². The molecule has 1 amide bonds. The maximum Gasteiger partial charge on any atom is 0.256 e. The highest BCUT2D eigenvalue weighted by Gasteiger charge is 2.23. The Morgan fingerprint density at radius 2 is 2.27 bits per heavy atom. The molecule has 2 aromatic rings. The van der Waals surface area contributed by atoms with Crippen LogP contribution in [-0.4, -0.2) is 68.6 Å². The van der Waals surface area contributed by atoms with Crippen molar-refractivity contribution in [2.75, 3.05) is 33.0 Å². The number of carbonyl (C=O) groups is 1. The van der Waals surface area contributed by atoms with E-state index in [9.17, 15) is 4.79 Å². The number of hydrogen-bond acceptors (Lipinski definition) is 6. The Morgan fingerprint density at radius 3 is 3.04 bits per heavy atom. The van der Waals surface area contributed by atoms with E-state index in [1.54, 1.807) is 6.20 Å². The van der Waals surface area contributed by atoms with Crippen LogP contribution in [0.3, 0.4) is 0 Å². The van der Waals surface area contributed by atoms with Gasteiger partial charge in [0.15, 0.2) is 0 Å². The summed E-state index contributed by atoms with van der Waals surface area (Å²) in [6.07, 6.45) is 4.53. The van der Waals surface area contributed by atoms with Crippen LogP contribution in [0.4, 0.5) is 0 Å². The van der Waals surface area contributed by atoms with Crippen molar-refractivity contribution in [3.8, 4) is 0 Å². The minimum atomic E-state index is 0.0241. The van der Waals surface area contributed by atoms with Crippen molar-refractivity contribution in [2.45, 2.75) is 31.1 Å². The first-order valence-corrected chi connectivity index (χ1v) is 9.98. The van der Waals surface area contributed by atoms with E-state index in [1.165, 1.54) is 11.8 Å². The fourth-order valence-corrected chi connectivity index (χ4v) is 3.73. The topological polar surface area (TPSA) is 74.5 Å². The van der Waals surface area contributed by atoms with Crippen molar-refractivity contribution in [1.82, 2.24) is 24.6 Å². The van der Waals surface area contributed by atoms with Crippen molar-refractivity contribution in [1.29, 1.82) is 0 Å². The largest absolute Gasteiger partial charge is 0.395 e. The summed E-state index contributed by atoms with van der Waals surface area (Å²) in [7, 11) is 1.96. The lowest BCUT2D eigenvalue weighted by atomic mass is 10.2. The molecule has 0 aromatic carbocycles. The molecule has 0 unspecified atom stereocenters. The number of aryl methyl sites for hydroxylation is 1. The molecule has 0 atom stereocenters. The number of amides is 1. The molecule has 0 saturated carbocycles. The molecule has 1 aliphatic rings. The molecule has 0 bridgehead atoms. The van der Waals surface area contributed by atoms with Crippen LogP contribution in [-0.2, 0) is 19.6 Å². The van der Waals surface area contributed by atoms with E-state index in [4.69, 9.17) is 5.11 Å². The van der Waals surface area contributed by atoms with Crippen LogP contribution < -0.4 is 0 Å². The van der Waals surface area contributed by atoms with Crippen molar-refractivity contribution in [3.05, 3.63) is 41.3 Å². The standard InChI is InChI=1S/C18H25N5O2S/c1-21(9-10-24)12-14-11-15-13-22(7-4-8-23(15)20-14)18(25)16-5-3-6-19-17(16)26-2/h3,5-6,11,24H,4,7-10,12-13H2,1-2H3. The third kappa shape index (κ3) is 4.25. The summed E-state index contributed by atoms with van der Waals surface area (Å²) < 4.78 is 2.01. The molecule has 0 saturated heterocycles. The summed E-state index contributed by atoms with van der Waals surface area (Å²) in [6, 6.07) is 5.72. The quantitative estimate of drug-likeness (QED) is 0.771. The first-order chi connectivity index (χ1) is 12.6. The molecular weight excluding hydrogens is 350 g/mol. The second-order valence-corrected chi connectivity index (χ2v) is 7.25. The van der Waals surface area contributed by atoms with Gasteiger partial charge >= 0.3 is 0 Å². The number of aromatic nitrogens is 3. The summed E-state index contributed by atoms with van der Waals surface area (Å²) in [5.74, 6) is 0.0241. The number of rotatable bonds is 6. The SMILES string of the molecule is CSc1ncccc1C(=O)N1CCCn2nc(CN(C)CCO)cc2C1. The maximum atomic E-state index is 13.0. The number of hydrogen-bond donors (Lipinski definition) is 1. The smallest absolute Gasteiger partial charge is 0.256 e. The van der Waals surface area contributed by atoms with Gasteiger partial charge in [-0.25, -0.2) is 4.98 Å². The molecule has 140 valence electrons. The minimum absolute atomic E-state index is 0.0241. The zero-order chi connectivity index (χ0) is 18.5. The number of aliphatic hydroxyl groups excluding tert-OH is 1. The third-order valence-electron chi connectivity index (χ3n) is 4.46. The van der Waals surface area contributed by atoms with E-state index in [0.717, 1.165) is 29.4 Å². The Morgan fingerprint density at radius 1 is 1.42 bits per heavy atom. The molecule has 3 heterocycles. The highest BCUT2D eigenvalue weighted by Crippen LogP contribution is 2.22. The summed E-state index contributed by atoms with van der Waals surface area (Å²) in [5.41, 5.74) is 2.69. The Labute approximate surface area is 158 Å². The fourth-order valence-electron chi connectivity index (χ4n) is 3.19. The van der Waals surface area contributed by atoms with Crippen LogP contribution in [0.1, 0.15) is 28.2 Å². The zero-order valence-electron chi connectivity index (χ0n) is 15.3. The first kappa shape index (κ1) is 18.9. The summed E-state index contributed by atoms with van der Waals surface area (Å²) in [6.45, 7) is 3.52. The van der Waals surface area contributed by atoms with Gasteiger partial charge < -0.3 is 10.0 Å². The average Bonchev–Trinajstić information content (AvgIpc) is 2.90. The van der Waals surface area contributed by atoms with E-state index in [-0.39, 0.29) is 12.5 Å². The van der Waals surface area contributed by atoms with Gasteiger partial charge in [0.05, 0.1) is 30.1 Å². The number of carbonyl (C=O) groups excluding carboxylic acids is 1. The second-order valence-electron chi connectivity index (χ2n) is 6.45. The lowest BCUT2D eigenvalue weighted by molar-refractivity contribution is 0.0741. The summed E-state index contributed by atoms with van der Waals surface area (Å²) in [5, 5.41) is 14.5. The van der Waals surface area contributed by atoms with Gasteiger partial charge in [-0.1, -0.05) is 0 Å². The molecule has 0 spiro atoms. The Hall–Kier alpha value is -1.90. The lowest BCUT2D eigenvalue weighted by Crippen LogP contribution is -2.31. The number of nitrogens with zero attached hydrogens (tertiary/aromatic N) is 5. The summed E-state index contributed by atoms with van der Waals surface area (Å²) >= 11 is 1.49. The summed E-state index contributed by atoms with van der Waals surface area (Å²) in [4.78, 5) is 21.2. The Bertz CT molecular complexity index is 764. The van der Waals surface area contributed by atoms with Gasteiger partial charge in [0.1, 0.15) is 5.03 Å². The first-order valence-electron chi connectivity index (χ1n) is 8.75.